The van der Waals surface area contributed by atoms with Crippen LogP contribution in [0, 0.1) is 24.2 Å². The number of fused-ring (bicyclic) bond motifs is 1. The predicted molar refractivity (Wildman–Crippen MR) is 131 cm³/mol. The van der Waals surface area contributed by atoms with E-state index in [1.54, 1.807) is 13.1 Å². The van der Waals surface area contributed by atoms with Gasteiger partial charge in [0.2, 0.25) is 0 Å². The van der Waals surface area contributed by atoms with Gasteiger partial charge in [0.15, 0.2) is 0 Å². The average Bonchev–Trinajstić information content (AvgIpc) is 3.68. The van der Waals surface area contributed by atoms with Crippen LogP contribution in [-0.2, 0) is 4.84 Å². The molecule has 0 amide bonds. The lowest BCUT2D eigenvalue weighted by Crippen LogP contribution is -2.15. The molecule has 0 spiro atoms. The molecule has 1 aliphatic carbocycles. The molecule has 1 aliphatic rings. The summed E-state index contributed by atoms with van der Waals surface area (Å²) in [5, 5.41) is 21.0. The quantitative estimate of drug-likeness (QED) is 0.172. The highest BCUT2D eigenvalue weighted by Gasteiger charge is 2.27. The summed E-state index contributed by atoms with van der Waals surface area (Å²) in [6, 6.07) is 19.0. The highest BCUT2D eigenvalue weighted by molar-refractivity contribution is 5.97. The maximum atomic E-state index is 12.7. The first-order valence-corrected chi connectivity index (χ1v) is 11.1. The molecule has 35 heavy (non-hydrogen) atoms. The van der Waals surface area contributed by atoms with Gasteiger partial charge < -0.3 is 20.6 Å². The number of nitriles is 1. The largest absolute Gasteiger partial charge is 0.457 e. The van der Waals surface area contributed by atoms with Crippen molar-refractivity contribution in [2.24, 2.45) is 16.8 Å². The minimum absolute atomic E-state index is 0.192. The summed E-state index contributed by atoms with van der Waals surface area (Å²) in [6.07, 6.45) is 4.91. The van der Waals surface area contributed by atoms with Crippen LogP contribution in [-0.4, -0.2) is 21.4 Å². The Kier molecular flexibility index (Phi) is 5.77. The van der Waals surface area contributed by atoms with Crippen molar-refractivity contribution in [3.05, 3.63) is 83.7 Å². The van der Waals surface area contributed by atoms with Crippen molar-refractivity contribution in [2.45, 2.75) is 19.8 Å². The van der Waals surface area contributed by atoms with Gasteiger partial charge in [0.1, 0.15) is 23.4 Å². The first kappa shape index (κ1) is 22.0. The van der Waals surface area contributed by atoms with E-state index in [1.807, 2.05) is 54.6 Å². The molecule has 5 rings (SSSR count). The molecule has 0 aliphatic heterocycles. The molecule has 4 aromatic rings. The van der Waals surface area contributed by atoms with Crippen molar-refractivity contribution >= 4 is 28.7 Å². The molecule has 0 atom stereocenters. The zero-order chi connectivity index (χ0) is 24.4. The molecular formula is C26H22N6O3. The third-order valence-electron chi connectivity index (χ3n) is 5.73. The molecule has 9 nitrogen and oxygen atoms in total. The lowest BCUT2D eigenvalue weighted by molar-refractivity contribution is 0.0513. The molecule has 2 aromatic carbocycles. The average molecular weight is 467 g/mol. The fraction of sp³-hybridized carbons (Fsp3) is 0.154. The standard InChI is InChI=1S/C26H22N6O3/c1-16-22(26(33)35-31-25(28)17-7-8-17)15-32-24(16)23(18(13-27)14-29-32)30-19-9-11-21(12-10-19)34-20-5-3-2-4-6-20/h2-6,9-12,14-15,17,30H,7-8H2,1H3,(H2,28,31). The van der Waals surface area contributed by atoms with E-state index in [0.29, 0.717) is 33.9 Å². The number of nitrogens with one attached hydrogen (secondary N) is 1. The van der Waals surface area contributed by atoms with Crippen LogP contribution in [0.1, 0.15) is 34.3 Å². The van der Waals surface area contributed by atoms with Crippen LogP contribution in [0.2, 0.25) is 0 Å². The number of nitrogens with two attached hydrogens (primary N) is 1. The van der Waals surface area contributed by atoms with Gasteiger partial charge >= 0.3 is 5.97 Å². The van der Waals surface area contributed by atoms with Gasteiger partial charge in [-0.25, -0.2) is 9.31 Å². The maximum absolute atomic E-state index is 12.7. The maximum Gasteiger partial charge on any atom is 0.367 e. The van der Waals surface area contributed by atoms with E-state index in [4.69, 9.17) is 15.3 Å². The van der Waals surface area contributed by atoms with Crippen LogP contribution < -0.4 is 15.8 Å². The molecule has 2 aromatic heterocycles. The Bertz CT molecular complexity index is 1470. The molecule has 9 heteroatoms. The molecular weight excluding hydrogens is 444 g/mol. The molecule has 1 saturated carbocycles. The third-order valence-corrected chi connectivity index (χ3v) is 5.73. The minimum atomic E-state index is -0.636. The summed E-state index contributed by atoms with van der Waals surface area (Å²) in [5.41, 5.74) is 8.89. The van der Waals surface area contributed by atoms with Crippen molar-refractivity contribution in [2.75, 3.05) is 5.32 Å². The smallest absolute Gasteiger partial charge is 0.367 e. The number of anilines is 2. The summed E-state index contributed by atoms with van der Waals surface area (Å²) in [6.45, 7) is 1.77. The van der Waals surface area contributed by atoms with Crippen molar-refractivity contribution in [1.82, 2.24) is 9.61 Å². The van der Waals surface area contributed by atoms with Crippen LogP contribution in [0.15, 0.2) is 72.1 Å². The Morgan fingerprint density at radius 3 is 2.57 bits per heavy atom. The molecule has 174 valence electrons. The number of aromatic nitrogens is 2. The van der Waals surface area contributed by atoms with E-state index in [1.165, 1.54) is 10.7 Å². The Morgan fingerprint density at radius 1 is 1.17 bits per heavy atom. The topological polar surface area (TPSA) is 127 Å². The third kappa shape index (κ3) is 4.63. The highest BCUT2D eigenvalue weighted by atomic mass is 16.7. The second kappa shape index (κ2) is 9.19. The SMILES string of the molecule is Cc1c(C(=O)ON=C(N)C2CC2)cn2ncc(C#N)c(Nc3ccc(Oc4ccccc4)cc3)c12. The predicted octanol–water partition coefficient (Wildman–Crippen LogP) is 4.89. The monoisotopic (exact) mass is 466 g/mol. The second-order valence-corrected chi connectivity index (χ2v) is 8.24. The van der Waals surface area contributed by atoms with Gasteiger partial charge in [-0.3, -0.25) is 0 Å². The Labute approximate surface area is 201 Å². The summed E-state index contributed by atoms with van der Waals surface area (Å²) in [5.74, 6) is 1.30. The van der Waals surface area contributed by atoms with Gasteiger partial charge in [-0.1, -0.05) is 23.4 Å². The van der Waals surface area contributed by atoms with E-state index >= 15 is 0 Å². The second-order valence-electron chi connectivity index (χ2n) is 8.24. The number of oxime groups is 1. The van der Waals surface area contributed by atoms with Crippen molar-refractivity contribution in [1.29, 1.82) is 5.26 Å². The number of nitrogens with zero attached hydrogens (tertiary/aromatic N) is 4. The van der Waals surface area contributed by atoms with E-state index in [2.05, 4.69) is 21.6 Å². The van der Waals surface area contributed by atoms with Crippen LogP contribution >= 0.6 is 0 Å². The van der Waals surface area contributed by atoms with Gasteiger partial charge in [-0.05, 0) is 61.7 Å². The molecule has 0 unspecified atom stereocenters. The van der Waals surface area contributed by atoms with E-state index in [-0.39, 0.29) is 11.5 Å². The number of hydrogen-bond acceptors (Lipinski definition) is 7. The fourth-order valence-electron chi connectivity index (χ4n) is 3.68. The molecule has 2 heterocycles. The van der Waals surface area contributed by atoms with Crippen LogP contribution in [0.25, 0.3) is 5.52 Å². The molecule has 0 saturated heterocycles. The van der Waals surface area contributed by atoms with Crippen LogP contribution in [0.4, 0.5) is 11.4 Å². The molecule has 0 bridgehead atoms. The fourth-order valence-corrected chi connectivity index (χ4v) is 3.68. The zero-order valence-corrected chi connectivity index (χ0v) is 18.9. The number of para-hydroxylation sites is 1. The van der Waals surface area contributed by atoms with Gasteiger partial charge in [0.25, 0.3) is 0 Å². The summed E-state index contributed by atoms with van der Waals surface area (Å²) in [4.78, 5) is 17.7. The number of amidine groups is 1. The minimum Gasteiger partial charge on any atom is -0.457 e. The highest BCUT2D eigenvalue weighted by Crippen LogP contribution is 2.32. The van der Waals surface area contributed by atoms with Crippen LogP contribution in [0.5, 0.6) is 11.5 Å². The van der Waals surface area contributed by atoms with E-state index in [9.17, 15) is 10.1 Å². The van der Waals surface area contributed by atoms with Gasteiger partial charge in [-0.2, -0.15) is 10.4 Å². The first-order valence-electron chi connectivity index (χ1n) is 11.1. The number of hydrogen-bond donors (Lipinski definition) is 2. The lowest BCUT2D eigenvalue weighted by atomic mass is 10.1. The first-order chi connectivity index (χ1) is 17.0. The molecule has 0 radical (unpaired) electrons. The lowest BCUT2D eigenvalue weighted by Gasteiger charge is -2.12. The Balaban J connectivity index is 1.42. The van der Waals surface area contributed by atoms with Gasteiger partial charge in [-0.15, -0.1) is 0 Å². The van der Waals surface area contributed by atoms with E-state index in [0.717, 1.165) is 24.3 Å². The number of carbonyl (C=O) groups excluding carboxylic acids is 1. The number of benzene rings is 2. The summed E-state index contributed by atoms with van der Waals surface area (Å²) in [7, 11) is 0. The van der Waals surface area contributed by atoms with Crippen molar-refractivity contribution < 1.29 is 14.4 Å². The van der Waals surface area contributed by atoms with Gasteiger partial charge in [0, 0.05) is 17.8 Å². The summed E-state index contributed by atoms with van der Waals surface area (Å²) >= 11 is 0. The normalized spacial score (nSPS) is 13.3. The Morgan fingerprint density at radius 2 is 1.89 bits per heavy atom. The number of aryl methyl sites for hydroxylation is 1. The number of rotatable bonds is 7. The number of carbonyl (C=O) groups is 1. The number of ether oxygens (including phenoxy) is 1. The van der Waals surface area contributed by atoms with Crippen LogP contribution in [0.3, 0.4) is 0 Å². The zero-order valence-electron chi connectivity index (χ0n) is 18.9. The Hall–Kier alpha value is -4.84. The molecule has 1 fully saturated rings. The molecule has 3 N–H and O–H groups in total. The van der Waals surface area contributed by atoms with Crippen molar-refractivity contribution in [3.8, 4) is 17.6 Å². The van der Waals surface area contributed by atoms with Gasteiger partial charge in [0.05, 0.1) is 28.5 Å². The summed E-state index contributed by atoms with van der Waals surface area (Å²) < 4.78 is 7.38. The van der Waals surface area contributed by atoms with E-state index < -0.39 is 5.97 Å². The van der Waals surface area contributed by atoms with Crippen molar-refractivity contribution in [3.63, 3.8) is 0 Å².